The zero-order valence-electron chi connectivity index (χ0n) is 21.5. The maximum Gasteiger partial charge on any atom is 0.207 e. The fraction of sp³-hybridized carbons (Fsp3) is 1.00. The van der Waals surface area contributed by atoms with Crippen molar-refractivity contribution in [2.24, 2.45) is 5.92 Å². The second-order valence-electron chi connectivity index (χ2n) is 12.4. The Morgan fingerprint density at radius 3 is 2.29 bits per heavy atom. The van der Waals surface area contributed by atoms with E-state index in [0.717, 1.165) is 17.6 Å². The predicted octanol–water partition coefficient (Wildman–Crippen LogP) is 6.30. The van der Waals surface area contributed by atoms with Crippen molar-refractivity contribution in [2.45, 2.75) is 126 Å². The summed E-state index contributed by atoms with van der Waals surface area (Å²) in [4.78, 5) is 2.89. The highest BCUT2D eigenvalue weighted by atomic mass is 32.1. The van der Waals surface area contributed by atoms with E-state index < -0.39 is 0 Å². The topological polar surface area (TPSA) is 3.24 Å². The number of thiol groups is 1. The predicted molar refractivity (Wildman–Crippen MR) is 154 cm³/mol. The first kappa shape index (κ1) is 26.5. The Morgan fingerprint density at radius 2 is 1.55 bits per heavy atom. The maximum atomic E-state index is 4.96. The molecular formula is C25H51B3NPS. The fourth-order valence-electron chi connectivity index (χ4n) is 6.76. The molecule has 2 saturated carbocycles. The van der Waals surface area contributed by atoms with Crippen LogP contribution < -0.4 is 0 Å². The van der Waals surface area contributed by atoms with Crippen molar-refractivity contribution in [2.75, 3.05) is 25.4 Å². The van der Waals surface area contributed by atoms with Crippen LogP contribution in [-0.4, -0.2) is 57.2 Å². The summed E-state index contributed by atoms with van der Waals surface area (Å²) >= 11 is 4.96. The van der Waals surface area contributed by atoms with Gasteiger partial charge in [0.2, 0.25) is 7.41 Å². The van der Waals surface area contributed by atoms with E-state index in [1.807, 2.05) is 0 Å². The van der Waals surface area contributed by atoms with Crippen molar-refractivity contribution in [3.63, 3.8) is 0 Å². The van der Waals surface area contributed by atoms with Crippen molar-refractivity contribution < 1.29 is 0 Å². The second-order valence-corrected chi connectivity index (χ2v) is 16.1. The van der Waals surface area contributed by atoms with Gasteiger partial charge in [0, 0.05) is 4.75 Å². The van der Waals surface area contributed by atoms with E-state index in [4.69, 9.17) is 12.6 Å². The van der Waals surface area contributed by atoms with Gasteiger partial charge >= 0.3 is 0 Å². The molecule has 176 valence electrons. The normalized spacial score (nSPS) is 37.8. The summed E-state index contributed by atoms with van der Waals surface area (Å²) < 4.78 is 0.300. The smallest absolute Gasteiger partial charge is 0.207 e. The first-order valence-corrected chi connectivity index (χ1v) is 16.3. The number of nitrogens with zero attached hydrogens (tertiary/aromatic N) is 1. The minimum atomic E-state index is 0.288. The molecule has 3 aliphatic rings. The molecule has 0 N–H and O–H groups in total. The van der Waals surface area contributed by atoms with Gasteiger partial charge in [-0.1, -0.05) is 108 Å². The average Bonchev–Trinajstić information content (AvgIpc) is 2.81. The number of hydrogen-bond acceptors (Lipinski definition) is 2. The van der Waals surface area contributed by atoms with Gasteiger partial charge in [-0.2, -0.15) is 12.6 Å². The van der Waals surface area contributed by atoms with Gasteiger partial charge in [0.05, 0.1) is 0 Å². The molecule has 3 fully saturated rings. The van der Waals surface area contributed by atoms with Crippen molar-refractivity contribution >= 4 is 42.7 Å². The molecule has 4 unspecified atom stereocenters. The Labute approximate surface area is 204 Å². The van der Waals surface area contributed by atoms with Crippen LogP contribution in [0.25, 0.3) is 0 Å². The molecule has 0 spiro atoms. The van der Waals surface area contributed by atoms with E-state index in [1.165, 1.54) is 116 Å². The molecule has 0 amide bonds. The van der Waals surface area contributed by atoms with Gasteiger partial charge in [-0.05, 0) is 44.2 Å². The highest BCUT2D eigenvalue weighted by Crippen LogP contribution is 2.52. The third kappa shape index (κ3) is 8.28. The van der Waals surface area contributed by atoms with Crippen LogP contribution in [0.4, 0.5) is 0 Å². The summed E-state index contributed by atoms with van der Waals surface area (Å²) in [6.45, 7) is 11.8. The molecule has 3 rings (SSSR count). The first-order chi connectivity index (χ1) is 14.8. The quantitative estimate of drug-likeness (QED) is 0.286. The lowest BCUT2D eigenvalue weighted by Crippen LogP contribution is -2.43. The van der Waals surface area contributed by atoms with Crippen molar-refractivity contribution in [3.8, 4) is 0 Å². The van der Waals surface area contributed by atoms with E-state index >= 15 is 0 Å². The molecule has 0 bridgehead atoms. The van der Waals surface area contributed by atoms with Crippen LogP contribution in [0, 0.1) is 5.92 Å². The third-order valence-corrected chi connectivity index (χ3v) is 12.8. The van der Waals surface area contributed by atoms with Crippen LogP contribution in [0.2, 0.25) is 16.9 Å². The highest BCUT2D eigenvalue weighted by Gasteiger charge is 2.38. The molecule has 0 aromatic carbocycles. The zero-order valence-corrected chi connectivity index (χ0v) is 23.3. The van der Waals surface area contributed by atoms with Gasteiger partial charge in [-0.25, -0.2) is 0 Å². The second kappa shape index (κ2) is 12.6. The molecular weight excluding hydrogens is 410 g/mol. The van der Waals surface area contributed by atoms with E-state index in [2.05, 4.69) is 33.4 Å². The molecule has 2 aliphatic carbocycles. The molecule has 31 heavy (non-hydrogen) atoms. The highest BCUT2D eigenvalue weighted by molar-refractivity contribution is 7.86. The third-order valence-electron chi connectivity index (χ3n) is 9.65. The van der Waals surface area contributed by atoms with Crippen LogP contribution in [0.15, 0.2) is 0 Å². The van der Waals surface area contributed by atoms with E-state index in [-0.39, 0.29) is 7.80 Å². The maximum absolute atomic E-state index is 4.96. The summed E-state index contributed by atoms with van der Waals surface area (Å²) in [5.41, 5.74) is 0. The zero-order chi connectivity index (χ0) is 22.3. The molecule has 1 saturated heterocycles. The Hall–Kier alpha value is 0.935. The van der Waals surface area contributed by atoms with Crippen LogP contribution >= 0.6 is 20.4 Å². The molecule has 4 atom stereocenters. The minimum Gasteiger partial charge on any atom is -0.344 e. The van der Waals surface area contributed by atoms with Gasteiger partial charge in [-0.15, -0.1) is 7.80 Å². The van der Waals surface area contributed by atoms with E-state index in [9.17, 15) is 0 Å². The lowest BCUT2D eigenvalue weighted by atomic mass is 9.43. The molecule has 0 radical (unpaired) electrons. The Bertz CT molecular complexity index is 527. The molecule has 6 heteroatoms. The molecule has 0 aromatic rings. The lowest BCUT2D eigenvalue weighted by Gasteiger charge is -2.45. The Balaban J connectivity index is 1.49. The van der Waals surface area contributed by atoms with Gasteiger partial charge in [-0.3, -0.25) is 0 Å². The summed E-state index contributed by atoms with van der Waals surface area (Å²) in [6.07, 6.45) is 21.8. The summed E-state index contributed by atoms with van der Waals surface area (Å²) in [5.74, 6) is 2.73. The minimum absolute atomic E-state index is 0.288. The molecule has 0 aromatic heterocycles. The van der Waals surface area contributed by atoms with Crippen LogP contribution in [0.1, 0.15) is 104 Å². The van der Waals surface area contributed by atoms with Crippen LogP contribution in [0.3, 0.4) is 0 Å². The summed E-state index contributed by atoms with van der Waals surface area (Å²) in [6, 6.07) is 0. The molecule has 1 nitrogen and oxygen atoms in total. The van der Waals surface area contributed by atoms with Gasteiger partial charge < -0.3 is 4.81 Å². The van der Waals surface area contributed by atoms with Gasteiger partial charge in [0.15, 0.2) is 7.00 Å². The largest absolute Gasteiger partial charge is 0.344 e. The Morgan fingerprint density at radius 1 is 0.903 bits per heavy atom. The van der Waals surface area contributed by atoms with E-state index in [1.54, 1.807) is 7.00 Å². The average molecular weight is 461 g/mol. The van der Waals surface area contributed by atoms with Crippen molar-refractivity contribution in [1.29, 1.82) is 0 Å². The summed E-state index contributed by atoms with van der Waals surface area (Å²) in [7, 11) is 4.32. The first-order valence-electron chi connectivity index (χ1n) is 14.0. The standard InChI is InChI=1S/C25H51B3NPS/c1-21(2)25(26)15-9-6-4-5-7-12-23(25)27-29-17-19-30(20-18-29)28-22-11-8-10-14-24(3,31)16-13-22/h21-23,27-28,31H,4-20,26H2,1-3H3. The van der Waals surface area contributed by atoms with Gasteiger partial charge in [0.1, 0.15) is 7.85 Å². The SMILES string of the molecule is BC1(C(C)C)CCCCCCCC1BN1CCP(BC2CCCCC(C)(S)CC2)CC1. The molecule has 1 aliphatic heterocycles. The fourth-order valence-corrected chi connectivity index (χ4v) is 9.86. The number of hydrogen-bond donors (Lipinski definition) is 1. The lowest BCUT2D eigenvalue weighted by molar-refractivity contribution is 0.332. The monoisotopic (exact) mass is 461 g/mol. The van der Waals surface area contributed by atoms with Crippen LogP contribution in [0.5, 0.6) is 0 Å². The number of rotatable bonds is 5. The van der Waals surface area contributed by atoms with Crippen molar-refractivity contribution in [3.05, 3.63) is 0 Å². The van der Waals surface area contributed by atoms with Crippen molar-refractivity contribution in [1.82, 2.24) is 4.81 Å². The Kier molecular flexibility index (Phi) is 10.8. The molecule has 1 heterocycles. The van der Waals surface area contributed by atoms with E-state index in [0.29, 0.717) is 10.1 Å². The van der Waals surface area contributed by atoms with Crippen LogP contribution in [-0.2, 0) is 0 Å². The van der Waals surface area contributed by atoms with Gasteiger partial charge in [0.25, 0.3) is 0 Å². The summed E-state index contributed by atoms with van der Waals surface area (Å²) in [5, 5.41) is 0.547.